The van der Waals surface area contributed by atoms with Gasteiger partial charge in [-0.2, -0.15) is 0 Å². The molecule has 3 aromatic rings. The first-order chi connectivity index (χ1) is 16.2. The number of carbonyl (C=O) groups is 1. The maximum absolute atomic E-state index is 14.1. The molecule has 0 radical (unpaired) electrons. The van der Waals surface area contributed by atoms with Gasteiger partial charge < -0.3 is 9.80 Å². The highest BCUT2D eigenvalue weighted by molar-refractivity contribution is 7.92. The van der Waals surface area contributed by atoms with Crippen LogP contribution in [0, 0.1) is 19.7 Å². The zero-order valence-electron chi connectivity index (χ0n) is 18.9. The lowest BCUT2D eigenvalue weighted by Gasteiger charge is -2.36. The van der Waals surface area contributed by atoms with Crippen LogP contribution in [0.3, 0.4) is 0 Å². The van der Waals surface area contributed by atoms with Crippen molar-refractivity contribution >= 4 is 38.9 Å². The number of benzene rings is 3. The Morgan fingerprint density at radius 3 is 2.32 bits per heavy atom. The second kappa shape index (κ2) is 9.64. The number of hydrogen-bond donors (Lipinski definition) is 1. The molecule has 0 aliphatic carbocycles. The van der Waals surface area contributed by atoms with Gasteiger partial charge in [0.05, 0.1) is 21.2 Å². The highest BCUT2D eigenvalue weighted by Crippen LogP contribution is 2.26. The third-order valence-electron chi connectivity index (χ3n) is 6.00. The predicted molar refractivity (Wildman–Crippen MR) is 133 cm³/mol. The van der Waals surface area contributed by atoms with Crippen molar-refractivity contribution in [2.75, 3.05) is 35.8 Å². The summed E-state index contributed by atoms with van der Waals surface area (Å²) in [4.78, 5) is 16.6. The Kier molecular flexibility index (Phi) is 6.81. The van der Waals surface area contributed by atoms with Crippen LogP contribution in [0.2, 0.25) is 5.02 Å². The Morgan fingerprint density at radius 2 is 1.65 bits per heavy atom. The van der Waals surface area contributed by atoms with Crippen molar-refractivity contribution < 1.29 is 17.6 Å². The standard InChI is InChI=1S/C25H25ClFN3O3S/c1-17-7-8-19(15-18(17)2)28-34(32,33)20-9-10-22(26)21(16-20)25(31)30-13-11-29(12-14-30)24-6-4-3-5-23(24)27/h3-10,15-16,28H,11-14H2,1-2H3. The number of carbonyl (C=O) groups excluding carboxylic acids is 1. The number of nitrogens with zero attached hydrogens (tertiary/aromatic N) is 2. The van der Waals surface area contributed by atoms with Gasteiger partial charge in [-0.1, -0.05) is 29.8 Å². The maximum atomic E-state index is 14.1. The summed E-state index contributed by atoms with van der Waals surface area (Å²) in [5.74, 6) is -0.666. The molecule has 4 rings (SSSR count). The van der Waals surface area contributed by atoms with Gasteiger partial charge in [0.15, 0.2) is 0 Å². The smallest absolute Gasteiger partial charge is 0.261 e. The molecule has 178 valence electrons. The largest absolute Gasteiger partial charge is 0.366 e. The molecular formula is C25H25ClFN3O3S. The molecule has 1 aliphatic heterocycles. The van der Waals surface area contributed by atoms with Crippen LogP contribution in [0.5, 0.6) is 0 Å². The maximum Gasteiger partial charge on any atom is 0.261 e. The molecule has 0 atom stereocenters. The summed E-state index contributed by atoms with van der Waals surface area (Å²) in [7, 11) is -3.93. The topological polar surface area (TPSA) is 69.7 Å². The minimum atomic E-state index is -3.93. The van der Waals surface area contributed by atoms with E-state index in [1.54, 1.807) is 35.2 Å². The molecule has 0 saturated carbocycles. The zero-order valence-corrected chi connectivity index (χ0v) is 20.5. The minimum Gasteiger partial charge on any atom is -0.366 e. The van der Waals surface area contributed by atoms with Crippen molar-refractivity contribution in [3.8, 4) is 0 Å². The monoisotopic (exact) mass is 501 g/mol. The zero-order chi connectivity index (χ0) is 24.5. The summed E-state index contributed by atoms with van der Waals surface area (Å²) >= 11 is 6.28. The predicted octanol–water partition coefficient (Wildman–Crippen LogP) is 4.86. The number of sulfonamides is 1. The minimum absolute atomic E-state index is 0.0523. The molecule has 1 amide bonds. The molecule has 1 heterocycles. The van der Waals surface area contributed by atoms with E-state index >= 15 is 0 Å². The molecule has 6 nitrogen and oxygen atoms in total. The van der Waals surface area contributed by atoms with E-state index in [1.807, 2.05) is 24.8 Å². The summed E-state index contributed by atoms with van der Waals surface area (Å²) in [5, 5.41) is 0.173. The Bertz CT molecular complexity index is 1340. The molecule has 1 N–H and O–H groups in total. The number of hydrogen-bond acceptors (Lipinski definition) is 4. The van der Waals surface area contributed by atoms with Crippen LogP contribution in [-0.4, -0.2) is 45.4 Å². The van der Waals surface area contributed by atoms with Gasteiger partial charge in [-0.25, -0.2) is 12.8 Å². The first kappa shape index (κ1) is 24.0. The van der Waals surface area contributed by atoms with Gasteiger partial charge in [0.25, 0.3) is 15.9 Å². The van der Waals surface area contributed by atoms with E-state index in [2.05, 4.69) is 4.72 Å². The normalized spacial score (nSPS) is 14.2. The number of amides is 1. The summed E-state index contributed by atoms with van der Waals surface area (Å²) in [6.45, 7) is 5.48. The Morgan fingerprint density at radius 1 is 0.941 bits per heavy atom. The van der Waals surface area contributed by atoms with E-state index in [4.69, 9.17) is 11.6 Å². The molecule has 1 aliphatic rings. The Labute approximate surface area is 204 Å². The third kappa shape index (κ3) is 5.03. The van der Waals surface area contributed by atoms with Crippen LogP contribution in [0.25, 0.3) is 0 Å². The van der Waals surface area contributed by atoms with Crippen LogP contribution in [0.1, 0.15) is 21.5 Å². The van der Waals surface area contributed by atoms with E-state index in [-0.39, 0.29) is 27.2 Å². The van der Waals surface area contributed by atoms with Crippen molar-refractivity contribution in [3.05, 3.63) is 88.2 Å². The number of aryl methyl sites for hydroxylation is 2. The van der Waals surface area contributed by atoms with Crippen LogP contribution in [0.15, 0.2) is 65.6 Å². The molecule has 9 heteroatoms. The molecule has 0 spiro atoms. The van der Waals surface area contributed by atoms with Crippen LogP contribution in [0.4, 0.5) is 15.8 Å². The Hall–Kier alpha value is -3.10. The fourth-order valence-corrected chi connectivity index (χ4v) is 5.16. The van der Waals surface area contributed by atoms with Crippen LogP contribution in [-0.2, 0) is 10.0 Å². The number of para-hydroxylation sites is 1. The fourth-order valence-electron chi connectivity index (χ4n) is 3.88. The van der Waals surface area contributed by atoms with E-state index in [9.17, 15) is 17.6 Å². The SMILES string of the molecule is Cc1ccc(NS(=O)(=O)c2ccc(Cl)c(C(=O)N3CCN(c4ccccc4F)CC3)c2)cc1C. The number of rotatable bonds is 5. The first-order valence-corrected chi connectivity index (χ1v) is 12.7. The number of anilines is 2. The van der Waals surface area contributed by atoms with Crippen LogP contribution >= 0.6 is 11.6 Å². The molecule has 1 saturated heterocycles. The molecule has 0 unspecified atom stereocenters. The second-order valence-electron chi connectivity index (χ2n) is 8.28. The van der Waals surface area contributed by atoms with Gasteiger partial charge in [0, 0.05) is 31.9 Å². The first-order valence-electron chi connectivity index (χ1n) is 10.8. The molecule has 1 fully saturated rings. The third-order valence-corrected chi connectivity index (χ3v) is 7.71. The molecular weight excluding hydrogens is 477 g/mol. The second-order valence-corrected chi connectivity index (χ2v) is 10.4. The summed E-state index contributed by atoms with van der Waals surface area (Å²) in [6, 6.07) is 15.9. The van der Waals surface area contributed by atoms with Crippen molar-refractivity contribution in [2.24, 2.45) is 0 Å². The fraction of sp³-hybridized carbons (Fsp3) is 0.240. The van der Waals surface area contributed by atoms with Gasteiger partial charge in [0.2, 0.25) is 0 Å². The van der Waals surface area contributed by atoms with Gasteiger partial charge in [-0.15, -0.1) is 0 Å². The average Bonchev–Trinajstić information content (AvgIpc) is 2.81. The number of halogens is 2. The highest BCUT2D eigenvalue weighted by Gasteiger charge is 2.26. The molecule has 0 aromatic heterocycles. The van der Waals surface area contributed by atoms with E-state index in [1.165, 1.54) is 24.3 Å². The quantitative estimate of drug-likeness (QED) is 0.542. The summed E-state index contributed by atoms with van der Waals surface area (Å²) in [6.07, 6.45) is 0. The lowest BCUT2D eigenvalue weighted by atomic mass is 10.1. The van der Waals surface area contributed by atoms with E-state index in [0.717, 1.165) is 11.1 Å². The number of nitrogens with one attached hydrogen (secondary N) is 1. The van der Waals surface area contributed by atoms with Crippen molar-refractivity contribution in [2.45, 2.75) is 18.7 Å². The summed E-state index contributed by atoms with van der Waals surface area (Å²) < 4.78 is 42.6. The van der Waals surface area contributed by atoms with Crippen molar-refractivity contribution in [3.63, 3.8) is 0 Å². The number of piperazine rings is 1. The molecule has 34 heavy (non-hydrogen) atoms. The van der Waals surface area contributed by atoms with Crippen molar-refractivity contribution in [1.82, 2.24) is 4.90 Å². The highest BCUT2D eigenvalue weighted by atomic mass is 35.5. The lowest BCUT2D eigenvalue weighted by molar-refractivity contribution is 0.0746. The van der Waals surface area contributed by atoms with Crippen LogP contribution < -0.4 is 9.62 Å². The summed E-state index contributed by atoms with van der Waals surface area (Å²) in [5.41, 5.74) is 3.07. The Balaban J connectivity index is 1.51. The van der Waals surface area contributed by atoms with Crippen molar-refractivity contribution in [1.29, 1.82) is 0 Å². The van der Waals surface area contributed by atoms with Gasteiger partial charge in [-0.3, -0.25) is 9.52 Å². The molecule has 0 bridgehead atoms. The van der Waals surface area contributed by atoms with Gasteiger partial charge in [-0.05, 0) is 67.4 Å². The lowest BCUT2D eigenvalue weighted by Crippen LogP contribution is -2.49. The molecule has 3 aromatic carbocycles. The average molecular weight is 502 g/mol. The van der Waals surface area contributed by atoms with E-state index in [0.29, 0.717) is 37.6 Å². The van der Waals surface area contributed by atoms with Gasteiger partial charge >= 0.3 is 0 Å². The van der Waals surface area contributed by atoms with Gasteiger partial charge in [0.1, 0.15) is 5.82 Å². The van der Waals surface area contributed by atoms with E-state index < -0.39 is 10.0 Å².